The molecule has 0 bridgehead atoms. The molecule has 0 aromatic heterocycles. The van der Waals surface area contributed by atoms with E-state index in [1.165, 1.54) is 0 Å². The van der Waals surface area contributed by atoms with Crippen molar-refractivity contribution < 1.29 is 9.59 Å². The van der Waals surface area contributed by atoms with Crippen LogP contribution in [0.15, 0.2) is 0 Å². The number of fused-ring (bicyclic) bond motifs is 3. The van der Waals surface area contributed by atoms with E-state index in [-0.39, 0.29) is 29.8 Å². The minimum absolute atomic E-state index is 0.000745. The Morgan fingerprint density at radius 3 is 2.65 bits per heavy atom. The molecule has 0 spiro atoms. The van der Waals surface area contributed by atoms with Gasteiger partial charge in [0.25, 0.3) is 0 Å². The van der Waals surface area contributed by atoms with Gasteiger partial charge in [-0.25, -0.2) is 5.01 Å². The molecule has 4 unspecified atom stereocenters. The Labute approximate surface area is 156 Å². The predicted octanol–water partition coefficient (Wildman–Crippen LogP) is 0.175. The van der Waals surface area contributed by atoms with Crippen LogP contribution in [-0.2, 0) is 9.59 Å². The fraction of sp³-hybridized carbons (Fsp3) is 0.895. The largest absolute Gasteiger partial charge is 0.353 e. The third kappa shape index (κ3) is 3.25. The summed E-state index contributed by atoms with van der Waals surface area (Å²) < 4.78 is 0. The second kappa shape index (κ2) is 7.44. The molecule has 1 saturated carbocycles. The highest BCUT2D eigenvalue weighted by molar-refractivity contribution is 5.84. The number of hydrazine groups is 1. The van der Waals surface area contributed by atoms with E-state index < -0.39 is 0 Å². The van der Waals surface area contributed by atoms with Crippen LogP contribution in [0.25, 0.3) is 0 Å². The summed E-state index contributed by atoms with van der Waals surface area (Å²) >= 11 is 0. The van der Waals surface area contributed by atoms with Crippen LogP contribution in [0.5, 0.6) is 0 Å². The summed E-state index contributed by atoms with van der Waals surface area (Å²) in [6.07, 6.45) is 5.70. The van der Waals surface area contributed by atoms with E-state index in [9.17, 15) is 9.59 Å². The molecule has 2 amide bonds. The molecular weight excluding hydrogens is 330 g/mol. The molecule has 7 heteroatoms. The maximum atomic E-state index is 12.9. The quantitative estimate of drug-likeness (QED) is 0.749. The van der Waals surface area contributed by atoms with Crippen molar-refractivity contribution in [1.29, 1.82) is 0 Å². The van der Waals surface area contributed by atoms with Crippen LogP contribution in [0.4, 0.5) is 0 Å². The molecule has 3 heterocycles. The van der Waals surface area contributed by atoms with Crippen molar-refractivity contribution in [2.75, 3.05) is 33.2 Å². The second-order valence-electron chi connectivity index (χ2n) is 8.47. The number of piperidine rings is 1. The minimum Gasteiger partial charge on any atom is -0.353 e. The first-order valence-corrected chi connectivity index (χ1v) is 10.4. The highest BCUT2D eigenvalue weighted by atomic mass is 16.2. The number of likely N-dealkylation sites (tertiary alicyclic amines) is 1. The number of piperazine rings is 1. The highest BCUT2D eigenvalue weighted by Crippen LogP contribution is 2.37. The Morgan fingerprint density at radius 1 is 1.15 bits per heavy atom. The van der Waals surface area contributed by atoms with Crippen LogP contribution < -0.4 is 10.7 Å². The number of carbonyl (C=O) groups excluding carboxylic acids is 2. The molecule has 4 aliphatic rings. The van der Waals surface area contributed by atoms with Crippen LogP contribution in [-0.4, -0.2) is 84.0 Å². The maximum absolute atomic E-state index is 12.9. The molecule has 0 aromatic rings. The number of nitrogens with zero attached hydrogens (tertiary/aromatic N) is 3. The molecule has 1 aliphatic carbocycles. The fourth-order valence-corrected chi connectivity index (χ4v) is 5.42. The lowest BCUT2D eigenvalue weighted by atomic mass is 9.78. The van der Waals surface area contributed by atoms with Gasteiger partial charge in [-0.2, -0.15) is 0 Å². The lowest BCUT2D eigenvalue weighted by Gasteiger charge is -2.51. The molecule has 3 aliphatic heterocycles. The molecule has 2 N–H and O–H groups in total. The maximum Gasteiger partial charge on any atom is 0.241 e. The van der Waals surface area contributed by atoms with Crippen LogP contribution in [0.1, 0.15) is 45.4 Å². The Hall–Kier alpha value is -1.18. The summed E-state index contributed by atoms with van der Waals surface area (Å²) in [5.41, 5.74) is 3.43. The van der Waals surface area contributed by atoms with Gasteiger partial charge in [-0.15, -0.1) is 0 Å². The highest BCUT2D eigenvalue weighted by Gasteiger charge is 2.51. The summed E-state index contributed by atoms with van der Waals surface area (Å²) in [4.78, 5) is 30.1. The lowest BCUT2D eigenvalue weighted by molar-refractivity contribution is -0.155. The number of nitrogens with one attached hydrogen (secondary N) is 2. The molecule has 4 atom stereocenters. The van der Waals surface area contributed by atoms with Crippen molar-refractivity contribution in [3.8, 4) is 0 Å². The van der Waals surface area contributed by atoms with Gasteiger partial charge in [0.15, 0.2) is 0 Å². The van der Waals surface area contributed by atoms with E-state index in [2.05, 4.69) is 34.6 Å². The molecule has 0 radical (unpaired) electrons. The average Bonchev–Trinajstić information content (AvgIpc) is 3.14. The number of amides is 2. The van der Waals surface area contributed by atoms with Gasteiger partial charge in [-0.1, -0.05) is 0 Å². The smallest absolute Gasteiger partial charge is 0.241 e. The molecule has 146 valence electrons. The Balaban J connectivity index is 1.40. The van der Waals surface area contributed by atoms with Crippen LogP contribution in [0.2, 0.25) is 0 Å². The van der Waals surface area contributed by atoms with Crippen molar-refractivity contribution in [3.05, 3.63) is 0 Å². The van der Waals surface area contributed by atoms with Gasteiger partial charge < -0.3 is 15.1 Å². The van der Waals surface area contributed by atoms with Crippen LogP contribution >= 0.6 is 0 Å². The van der Waals surface area contributed by atoms with Gasteiger partial charge in [0.2, 0.25) is 11.8 Å². The Morgan fingerprint density at radius 2 is 1.92 bits per heavy atom. The summed E-state index contributed by atoms with van der Waals surface area (Å²) in [6.45, 7) is 5.81. The standard InChI is InChI=1S/C19H33N5O2/c1-3-23-17-12-13(18(25)21-14-7-10-22(2)11-8-14)4-5-15(17)24-16(19(23)26)6-9-20-24/h13-17,20H,3-12H2,1-2H3,(H,21,25). The molecule has 4 fully saturated rings. The second-order valence-corrected chi connectivity index (χ2v) is 8.47. The summed E-state index contributed by atoms with van der Waals surface area (Å²) in [5, 5.41) is 5.51. The van der Waals surface area contributed by atoms with E-state index in [1.807, 2.05) is 4.90 Å². The summed E-state index contributed by atoms with van der Waals surface area (Å²) in [6, 6.07) is 0.834. The van der Waals surface area contributed by atoms with Gasteiger partial charge in [0, 0.05) is 37.1 Å². The zero-order chi connectivity index (χ0) is 18.3. The molecule has 0 aromatic carbocycles. The number of likely N-dealkylation sites (N-methyl/N-ethyl adjacent to an activating group) is 1. The van der Waals surface area contributed by atoms with E-state index in [1.54, 1.807) is 0 Å². The lowest BCUT2D eigenvalue weighted by Crippen LogP contribution is -2.68. The molecule has 7 nitrogen and oxygen atoms in total. The average molecular weight is 364 g/mol. The molecular formula is C19H33N5O2. The van der Waals surface area contributed by atoms with Gasteiger partial charge in [-0.05, 0) is 65.6 Å². The van der Waals surface area contributed by atoms with Crippen molar-refractivity contribution in [2.24, 2.45) is 5.92 Å². The number of rotatable bonds is 3. The number of hydrogen-bond acceptors (Lipinski definition) is 5. The topological polar surface area (TPSA) is 67.9 Å². The first-order chi connectivity index (χ1) is 12.6. The molecule has 4 rings (SSSR count). The van der Waals surface area contributed by atoms with Crippen LogP contribution in [0, 0.1) is 5.92 Å². The van der Waals surface area contributed by atoms with E-state index in [0.29, 0.717) is 12.1 Å². The van der Waals surface area contributed by atoms with Crippen molar-refractivity contribution >= 4 is 11.8 Å². The zero-order valence-electron chi connectivity index (χ0n) is 16.1. The number of carbonyl (C=O) groups is 2. The van der Waals surface area contributed by atoms with E-state index >= 15 is 0 Å². The summed E-state index contributed by atoms with van der Waals surface area (Å²) in [5.74, 6) is 0.491. The third-order valence-electron chi connectivity index (χ3n) is 6.93. The van der Waals surface area contributed by atoms with Gasteiger partial charge in [0.05, 0.1) is 0 Å². The number of hydrogen-bond donors (Lipinski definition) is 2. The molecule has 3 saturated heterocycles. The van der Waals surface area contributed by atoms with Crippen LogP contribution in [0.3, 0.4) is 0 Å². The van der Waals surface area contributed by atoms with Crippen molar-refractivity contribution in [2.45, 2.75) is 69.6 Å². The van der Waals surface area contributed by atoms with Gasteiger partial charge >= 0.3 is 0 Å². The summed E-state index contributed by atoms with van der Waals surface area (Å²) in [7, 11) is 2.14. The Bertz CT molecular complexity index is 548. The molecule has 26 heavy (non-hydrogen) atoms. The SMILES string of the molecule is CCN1C(=O)C2CCNN2C2CCC(C(=O)NC3CCN(C)CC3)CC21. The van der Waals surface area contributed by atoms with Gasteiger partial charge in [0.1, 0.15) is 6.04 Å². The van der Waals surface area contributed by atoms with Crippen molar-refractivity contribution in [3.63, 3.8) is 0 Å². The zero-order valence-corrected chi connectivity index (χ0v) is 16.1. The first-order valence-electron chi connectivity index (χ1n) is 10.4. The van der Waals surface area contributed by atoms with E-state index in [0.717, 1.165) is 64.7 Å². The minimum atomic E-state index is 0.000745. The normalized spacial score (nSPS) is 36.7. The third-order valence-corrected chi connectivity index (χ3v) is 6.93. The van der Waals surface area contributed by atoms with E-state index in [4.69, 9.17) is 0 Å². The Kier molecular flexibility index (Phi) is 5.21. The fourth-order valence-electron chi connectivity index (χ4n) is 5.42. The van der Waals surface area contributed by atoms with Gasteiger partial charge in [-0.3, -0.25) is 15.0 Å². The predicted molar refractivity (Wildman–Crippen MR) is 99.2 cm³/mol. The van der Waals surface area contributed by atoms with Crippen molar-refractivity contribution in [1.82, 2.24) is 25.6 Å². The monoisotopic (exact) mass is 363 g/mol. The first kappa shape index (κ1) is 18.2.